The van der Waals surface area contributed by atoms with Crippen LogP contribution in [0, 0.1) is 20.8 Å². The van der Waals surface area contributed by atoms with Gasteiger partial charge in [0.2, 0.25) is 0 Å². The molecule has 0 aliphatic carbocycles. The lowest BCUT2D eigenvalue weighted by atomic mass is 9.99. The summed E-state index contributed by atoms with van der Waals surface area (Å²) in [7, 11) is 0. The molecule has 0 fully saturated rings. The van der Waals surface area contributed by atoms with Crippen LogP contribution in [0.15, 0.2) is 66.4 Å². The van der Waals surface area contributed by atoms with Gasteiger partial charge in [-0.15, -0.1) is 0 Å². The Balaban J connectivity index is 1.79. The van der Waals surface area contributed by atoms with Crippen LogP contribution >= 0.6 is 23.2 Å². The number of carbonyl (C=O) groups is 2. The van der Waals surface area contributed by atoms with Crippen molar-refractivity contribution in [2.75, 3.05) is 5.32 Å². The topological polar surface area (TPSA) is 49.4 Å². The van der Waals surface area contributed by atoms with E-state index in [0.29, 0.717) is 26.9 Å². The second-order valence-corrected chi connectivity index (χ2v) is 8.75. The number of halogens is 2. The van der Waals surface area contributed by atoms with Crippen molar-refractivity contribution in [2.24, 2.45) is 0 Å². The maximum Gasteiger partial charge on any atom is 0.278 e. The highest BCUT2D eigenvalue weighted by Crippen LogP contribution is 2.34. The zero-order valence-electron chi connectivity index (χ0n) is 18.0. The molecule has 162 valence electrons. The van der Waals surface area contributed by atoms with Gasteiger partial charge in [0.05, 0.1) is 12.1 Å². The summed E-state index contributed by atoms with van der Waals surface area (Å²) in [5, 5.41) is 4.38. The van der Waals surface area contributed by atoms with Crippen molar-refractivity contribution in [2.45, 2.75) is 27.3 Å². The van der Waals surface area contributed by atoms with Gasteiger partial charge in [-0.2, -0.15) is 0 Å². The van der Waals surface area contributed by atoms with Crippen molar-refractivity contribution < 1.29 is 9.59 Å². The maximum atomic E-state index is 13.5. The maximum absolute atomic E-state index is 13.5. The predicted molar refractivity (Wildman–Crippen MR) is 130 cm³/mol. The van der Waals surface area contributed by atoms with Gasteiger partial charge in [0.25, 0.3) is 11.8 Å². The Morgan fingerprint density at radius 1 is 0.844 bits per heavy atom. The van der Waals surface area contributed by atoms with E-state index in [0.717, 1.165) is 22.3 Å². The number of nitrogens with zero attached hydrogens (tertiary/aromatic N) is 1. The minimum Gasteiger partial charge on any atom is -0.350 e. The van der Waals surface area contributed by atoms with Crippen LogP contribution in [0.1, 0.15) is 27.8 Å². The van der Waals surface area contributed by atoms with Crippen LogP contribution in [0.25, 0.3) is 5.57 Å². The summed E-state index contributed by atoms with van der Waals surface area (Å²) >= 11 is 12.3. The van der Waals surface area contributed by atoms with Gasteiger partial charge in [0.15, 0.2) is 0 Å². The summed E-state index contributed by atoms with van der Waals surface area (Å²) in [4.78, 5) is 28.2. The molecule has 1 N–H and O–H groups in total. The molecular weight excluding hydrogens is 443 g/mol. The molecule has 3 aromatic rings. The highest BCUT2D eigenvalue weighted by Gasteiger charge is 2.39. The Hall–Kier alpha value is -3.08. The smallest absolute Gasteiger partial charge is 0.278 e. The molecule has 0 spiro atoms. The van der Waals surface area contributed by atoms with Gasteiger partial charge in [0.1, 0.15) is 5.70 Å². The highest BCUT2D eigenvalue weighted by atomic mass is 35.5. The molecule has 1 aliphatic heterocycles. The summed E-state index contributed by atoms with van der Waals surface area (Å²) in [5.41, 5.74) is 5.77. The molecule has 0 aromatic heterocycles. The van der Waals surface area contributed by atoms with E-state index in [4.69, 9.17) is 23.2 Å². The molecule has 0 radical (unpaired) electrons. The predicted octanol–water partition coefficient (Wildman–Crippen LogP) is 6.31. The van der Waals surface area contributed by atoms with Crippen molar-refractivity contribution in [3.8, 4) is 0 Å². The first kappa shape index (κ1) is 22.1. The Labute approximate surface area is 197 Å². The lowest BCUT2D eigenvalue weighted by Gasteiger charge is -2.16. The van der Waals surface area contributed by atoms with Crippen LogP contribution in [-0.2, 0) is 16.1 Å². The van der Waals surface area contributed by atoms with Gasteiger partial charge < -0.3 is 5.32 Å². The number of imide groups is 1. The Kier molecular flexibility index (Phi) is 6.09. The summed E-state index contributed by atoms with van der Waals surface area (Å²) in [6.45, 7) is 6.02. The van der Waals surface area contributed by atoms with E-state index < -0.39 is 0 Å². The van der Waals surface area contributed by atoms with Crippen molar-refractivity contribution >= 4 is 46.3 Å². The number of hydrogen-bond acceptors (Lipinski definition) is 3. The van der Waals surface area contributed by atoms with E-state index in [-0.39, 0.29) is 24.1 Å². The molecule has 0 bridgehead atoms. The normalized spacial score (nSPS) is 13.8. The molecule has 0 atom stereocenters. The molecule has 4 rings (SSSR count). The SMILES string of the molecule is Cc1ccc(C2=C(Nc3cccc(Cl)c3C)C(=O)N(Cc3ccc(Cl)cc3)C2=O)cc1C. The first-order valence-corrected chi connectivity index (χ1v) is 11.0. The van der Waals surface area contributed by atoms with Gasteiger partial charge in [-0.3, -0.25) is 14.5 Å². The molecule has 0 saturated carbocycles. The fourth-order valence-corrected chi connectivity index (χ4v) is 3.95. The van der Waals surface area contributed by atoms with Crippen molar-refractivity contribution in [3.63, 3.8) is 0 Å². The number of nitrogens with one attached hydrogen (secondary N) is 1. The second-order valence-electron chi connectivity index (χ2n) is 7.91. The molecular formula is C26H22Cl2N2O2. The number of amides is 2. The number of benzene rings is 3. The minimum atomic E-state index is -0.377. The van der Waals surface area contributed by atoms with E-state index in [9.17, 15) is 9.59 Å². The summed E-state index contributed by atoms with van der Waals surface area (Å²) in [6, 6.07) is 18.3. The molecule has 6 heteroatoms. The van der Waals surface area contributed by atoms with Crippen LogP contribution in [0.4, 0.5) is 5.69 Å². The molecule has 3 aromatic carbocycles. The van der Waals surface area contributed by atoms with Gasteiger partial charge in [0, 0.05) is 15.7 Å². The lowest BCUT2D eigenvalue weighted by Crippen LogP contribution is -2.32. The van der Waals surface area contributed by atoms with Crippen molar-refractivity contribution in [1.82, 2.24) is 4.90 Å². The molecule has 4 nitrogen and oxygen atoms in total. The molecule has 1 heterocycles. The fourth-order valence-electron chi connectivity index (χ4n) is 3.65. The molecule has 0 saturated heterocycles. The highest BCUT2D eigenvalue weighted by molar-refractivity contribution is 6.36. The Bertz CT molecular complexity index is 1260. The third-order valence-electron chi connectivity index (χ3n) is 5.74. The van der Waals surface area contributed by atoms with Gasteiger partial charge in [-0.25, -0.2) is 0 Å². The number of aryl methyl sites for hydroxylation is 2. The summed E-state index contributed by atoms with van der Waals surface area (Å²) < 4.78 is 0. The minimum absolute atomic E-state index is 0.156. The average Bonchev–Trinajstić information content (AvgIpc) is 2.99. The van der Waals surface area contributed by atoms with Crippen LogP contribution in [-0.4, -0.2) is 16.7 Å². The number of rotatable bonds is 5. The molecule has 0 unspecified atom stereocenters. The molecule has 32 heavy (non-hydrogen) atoms. The monoisotopic (exact) mass is 464 g/mol. The number of carbonyl (C=O) groups excluding carboxylic acids is 2. The third kappa shape index (κ3) is 4.16. The van der Waals surface area contributed by atoms with Crippen LogP contribution < -0.4 is 5.32 Å². The van der Waals surface area contributed by atoms with E-state index in [1.165, 1.54) is 4.90 Å². The van der Waals surface area contributed by atoms with E-state index >= 15 is 0 Å². The van der Waals surface area contributed by atoms with Crippen LogP contribution in [0.5, 0.6) is 0 Å². The van der Waals surface area contributed by atoms with E-state index in [2.05, 4.69) is 5.32 Å². The number of hydrogen-bond donors (Lipinski definition) is 1. The number of anilines is 1. The van der Waals surface area contributed by atoms with Gasteiger partial charge in [-0.1, -0.05) is 59.6 Å². The standard InChI is InChI=1S/C26H22Cl2N2O2/c1-15-7-10-19(13-16(15)2)23-24(29-22-6-4-5-21(28)17(22)3)26(32)30(25(23)31)14-18-8-11-20(27)12-9-18/h4-13,29H,14H2,1-3H3. The summed E-state index contributed by atoms with van der Waals surface area (Å²) in [5.74, 6) is -0.715. The quantitative estimate of drug-likeness (QED) is 0.449. The molecule has 1 aliphatic rings. The van der Waals surface area contributed by atoms with Crippen molar-refractivity contribution in [3.05, 3.63) is 104 Å². The van der Waals surface area contributed by atoms with Gasteiger partial charge >= 0.3 is 0 Å². The van der Waals surface area contributed by atoms with E-state index in [1.807, 2.05) is 57.2 Å². The zero-order valence-corrected chi connectivity index (χ0v) is 19.5. The zero-order chi connectivity index (χ0) is 23.0. The third-order valence-corrected chi connectivity index (χ3v) is 6.41. The largest absolute Gasteiger partial charge is 0.350 e. The first-order chi connectivity index (χ1) is 15.3. The van der Waals surface area contributed by atoms with E-state index in [1.54, 1.807) is 24.3 Å². The Morgan fingerprint density at radius 3 is 2.25 bits per heavy atom. The van der Waals surface area contributed by atoms with Crippen LogP contribution in [0.3, 0.4) is 0 Å². The fraction of sp³-hybridized carbons (Fsp3) is 0.154. The van der Waals surface area contributed by atoms with Crippen molar-refractivity contribution in [1.29, 1.82) is 0 Å². The molecule has 2 amide bonds. The van der Waals surface area contributed by atoms with Gasteiger partial charge in [-0.05, 0) is 72.9 Å². The average molecular weight is 465 g/mol. The second kappa shape index (κ2) is 8.81. The lowest BCUT2D eigenvalue weighted by molar-refractivity contribution is -0.137. The van der Waals surface area contributed by atoms with Crippen LogP contribution in [0.2, 0.25) is 10.0 Å². The first-order valence-electron chi connectivity index (χ1n) is 10.2. The summed E-state index contributed by atoms with van der Waals surface area (Å²) in [6.07, 6.45) is 0. The Morgan fingerprint density at radius 2 is 1.56 bits per heavy atom.